The van der Waals surface area contributed by atoms with Gasteiger partial charge in [0.25, 0.3) is 0 Å². The second kappa shape index (κ2) is 9.02. The van der Waals surface area contributed by atoms with E-state index in [-0.39, 0.29) is 6.03 Å². The summed E-state index contributed by atoms with van der Waals surface area (Å²) in [6.45, 7) is 0.501. The van der Waals surface area contributed by atoms with E-state index in [9.17, 15) is 4.79 Å². The van der Waals surface area contributed by atoms with Crippen molar-refractivity contribution in [1.29, 1.82) is 0 Å². The van der Waals surface area contributed by atoms with Crippen molar-refractivity contribution in [2.24, 2.45) is 0 Å². The quantitative estimate of drug-likeness (QED) is 0.567. The molecule has 1 N–H and O–H groups in total. The molecule has 0 saturated heterocycles. The lowest BCUT2D eigenvalue weighted by Gasteiger charge is -2.22. The van der Waals surface area contributed by atoms with E-state index in [0.29, 0.717) is 6.54 Å². The summed E-state index contributed by atoms with van der Waals surface area (Å²) in [4.78, 5) is 14.5. The van der Waals surface area contributed by atoms with E-state index in [1.165, 1.54) is 0 Å². The molecular formula is C22H19BrN2O. The van der Waals surface area contributed by atoms with Crippen LogP contribution in [0.1, 0.15) is 11.1 Å². The molecule has 0 atom stereocenters. The number of hydrogen-bond acceptors (Lipinski definition) is 1. The summed E-state index contributed by atoms with van der Waals surface area (Å²) < 4.78 is 1.00. The van der Waals surface area contributed by atoms with Crippen molar-refractivity contribution in [2.45, 2.75) is 6.54 Å². The van der Waals surface area contributed by atoms with Crippen molar-refractivity contribution in [1.82, 2.24) is 5.32 Å². The van der Waals surface area contributed by atoms with Gasteiger partial charge in [0.2, 0.25) is 0 Å². The largest absolute Gasteiger partial charge is 0.326 e. The van der Waals surface area contributed by atoms with Gasteiger partial charge in [-0.05, 0) is 41.5 Å². The van der Waals surface area contributed by atoms with E-state index in [2.05, 4.69) is 21.2 Å². The average molecular weight is 407 g/mol. The van der Waals surface area contributed by atoms with E-state index in [1.54, 1.807) is 11.1 Å². The minimum absolute atomic E-state index is 0.175. The van der Waals surface area contributed by atoms with Gasteiger partial charge in [0.05, 0.1) is 6.54 Å². The molecule has 0 spiro atoms. The first-order valence-corrected chi connectivity index (χ1v) is 9.11. The smallest absolute Gasteiger partial charge is 0.314 e. The van der Waals surface area contributed by atoms with E-state index in [1.807, 2.05) is 91.0 Å². The van der Waals surface area contributed by atoms with Crippen molar-refractivity contribution in [3.8, 4) is 0 Å². The summed E-state index contributed by atoms with van der Waals surface area (Å²) in [5.41, 5.74) is 2.93. The molecule has 0 bridgehead atoms. The predicted molar refractivity (Wildman–Crippen MR) is 111 cm³/mol. The standard InChI is InChI=1S/C22H19BrN2O/c23-20-11-7-10-18(16-20)14-15-24-22(26)25(21-12-5-2-6-13-21)17-19-8-3-1-4-9-19/h1-16H,17H2,(H,24,26)/b15-14+. The zero-order valence-electron chi connectivity index (χ0n) is 14.2. The van der Waals surface area contributed by atoms with Crippen LogP contribution < -0.4 is 10.2 Å². The number of benzene rings is 3. The van der Waals surface area contributed by atoms with Crippen LogP contribution in [0.25, 0.3) is 6.08 Å². The molecule has 3 aromatic rings. The number of amides is 2. The molecule has 0 aromatic heterocycles. The Bertz CT molecular complexity index is 879. The van der Waals surface area contributed by atoms with E-state index < -0.39 is 0 Å². The summed E-state index contributed by atoms with van der Waals surface area (Å²) >= 11 is 3.44. The molecule has 0 saturated carbocycles. The maximum absolute atomic E-state index is 12.8. The highest BCUT2D eigenvalue weighted by molar-refractivity contribution is 9.10. The van der Waals surface area contributed by atoms with Crippen molar-refractivity contribution in [2.75, 3.05) is 4.90 Å². The summed E-state index contributed by atoms with van der Waals surface area (Å²) in [5, 5.41) is 2.86. The molecule has 3 rings (SSSR count). The number of carbonyl (C=O) groups is 1. The third-order valence-corrected chi connectivity index (χ3v) is 4.32. The third kappa shape index (κ3) is 5.07. The molecule has 130 valence electrons. The highest BCUT2D eigenvalue weighted by atomic mass is 79.9. The SMILES string of the molecule is O=C(N/C=C/c1cccc(Br)c1)N(Cc1ccccc1)c1ccccc1. The number of halogens is 1. The first-order chi connectivity index (χ1) is 12.7. The van der Waals surface area contributed by atoms with Crippen molar-refractivity contribution >= 4 is 33.7 Å². The topological polar surface area (TPSA) is 32.3 Å². The maximum Gasteiger partial charge on any atom is 0.326 e. The van der Waals surface area contributed by atoms with Crippen LogP contribution in [-0.4, -0.2) is 6.03 Å². The lowest BCUT2D eigenvalue weighted by Crippen LogP contribution is -2.37. The van der Waals surface area contributed by atoms with Gasteiger partial charge in [0.1, 0.15) is 0 Å². The molecule has 0 aliphatic carbocycles. The molecule has 0 aliphatic heterocycles. The highest BCUT2D eigenvalue weighted by Gasteiger charge is 2.14. The molecule has 0 heterocycles. The van der Waals surface area contributed by atoms with Gasteiger partial charge in [0.15, 0.2) is 0 Å². The highest BCUT2D eigenvalue weighted by Crippen LogP contribution is 2.17. The van der Waals surface area contributed by atoms with Crippen LogP contribution in [-0.2, 0) is 6.54 Å². The fraction of sp³-hybridized carbons (Fsp3) is 0.0455. The molecular weight excluding hydrogens is 388 g/mol. The Labute approximate surface area is 162 Å². The number of carbonyl (C=O) groups excluding carboxylic acids is 1. The van der Waals surface area contributed by atoms with Crippen LogP contribution in [0.3, 0.4) is 0 Å². The Morgan fingerprint density at radius 3 is 2.31 bits per heavy atom. The van der Waals surface area contributed by atoms with Gasteiger partial charge in [-0.1, -0.05) is 76.6 Å². The molecule has 3 nitrogen and oxygen atoms in total. The number of nitrogens with one attached hydrogen (secondary N) is 1. The first-order valence-electron chi connectivity index (χ1n) is 8.31. The zero-order chi connectivity index (χ0) is 18.2. The van der Waals surface area contributed by atoms with Crippen LogP contribution >= 0.6 is 15.9 Å². The van der Waals surface area contributed by atoms with Gasteiger partial charge in [-0.15, -0.1) is 0 Å². The minimum Gasteiger partial charge on any atom is -0.314 e. The fourth-order valence-electron chi connectivity index (χ4n) is 2.55. The molecule has 0 aliphatic rings. The van der Waals surface area contributed by atoms with E-state index in [4.69, 9.17) is 0 Å². The van der Waals surface area contributed by atoms with Crippen LogP contribution in [0, 0.1) is 0 Å². The Morgan fingerprint density at radius 2 is 1.62 bits per heavy atom. The molecule has 0 radical (unpaired) electrons. The second-order valence-electron chi connectivity index (χ2n) is 5.75. The third-order valence-electron chi connectivity index (χ3n) is 3.83. The van der Waals surface area contributed by atoms with Gasteiger partial charge in [-0.3, -0.25) is 4.90 Å². The summed E-state index contributed by atoms with van der Waals surface area (Å²) in [5.74, 6) is 0. The van der Waals surface area contributed by atoms with E-state index in [0.717, 1.165) is 21.3 Å². The zero-order valence-corrected chi connectivity index (χ0v) is 15.8. The average Bonchev–Trinajstić information content (AvgIpc) is 2.67. The van der Waals surface area contributed by atoms with Crippen LogP contribution in [0.2, 0.25) is 0 Å². The van der Waals surface area contributed by atoms with Gasteiger partial charge >= 0.3 is 6.03 Å². The van der Waals surface area contributed by atoms with Crippen molar-refractivity contribution in [3.63, 3.8) is 0 Å². The molecule has 0 fully saturated rings. The lowest BCUT2D eigenvalue weighted by atomic mass is 10.2. The molecule has 26 heavy (non-hydrogen) atoms. The van der Waals surface area contributed by atoms with Crippen LogP contribution in [0.15, 0.2) is 95.6 Å². The monoisotopic (exact) mass is 406 g/mol. The van der Waals surface area contributed by atoms with Gasteiger partial charge in [-0.25, -0.2) is 4.79 Å². The van der Waals surface area contributed by atoms with Gasteiger partial charge in [0, 0.05) is 16.4 Å². The lowest BCUT2D eigenvalue weighted by molar-refractivity contribution is 0.249. The van der Waals surface area contributed by atoms with Crippen molar-refractivity contribution in [3.05, 3.63) is 107 Å². The van der Waals surface area contributed by atoms with Crippen LogP contribution in [0.4, 0.5) is 10.5 Å². The number of nitrogens with zero attached hydrogens (tertiary/aromatic N) is 1. The summed E-state index contributed by atoms with van der Waals surface area (Å²) in [6, 6.07) is 27.3. The number of urea groups is 1. The predicted octanol–water partition coefficient (Wildman–Crippen LogP) is 5.84. The molecule has 2 amide bonds. The number of hydrogen-bond donors (Lipinski definition) is 1. The molecule has 3 aromatic carbocycles. The molecule has 4 heteroatoms. The Hall–Kier alpha value is -2.85. The second-order valence-corrected chi connectivity index (χ2v) is 6.66. The number of para-hydroxylation sites is 1. The van der Waals surface area contributed by atoms with Gasteiger partial charge in [-0.2, -0.15) is 0 Å². The first kappa shape index (κ1) is 18.0. The Morgan fingerprint density at radius 1 is 0.923 bits per heavy atom. The summed E-state index contributed by atoms with van der Waals surface area (Å²) in [7, 11) is 0. The van der Waals surface area contributed by atoms with Crippen molar-refractivity contribution < 1.29 is 4.79 Å². The maximum atomic E-state index is 12.8. The van der Waals surface area contributed by atoms with E-state index >= 15 is 0 Å². The minimum atomic E-state index is -0.175. The fourth-order valence-corrected chi connectivity index (χ4v) is 2.97. The number of anilines is 1. The van der Waals surface area contributed by atoms with Crippen LogP contribution in [0.5, 0.6) is 0 Å². The van der Waals surface area contributed by atoms with Gasteiger partial charge < -0.3 is 5.32 Å². The normalized spacial score (nSPS) is 10.7. The molecule has 0 unspecified atom stereocenters. The summed E-state index contributed by atoms with van der Waals surface area (Å²) in [6.07, 6.45) is 3.54. The Balaban J connectivity index is 1.74. The Kier molecular flexibility index (Phi) is 6.23. The number of rotatable bonds is 5.